The number of ether oxygens (including phenoxy) is 1. The normalized spacial score (nSPS) is 9.97. The number of rotatable bonds is 8. The zero-order chi connectivity index (χ0) is 25.0. The number of carbonyl (C=O) groups excluding carboxylic acids is 2. The number of hydrogen-bond donors (Lipinski definition) is 4. The van der Waals surface area contributed by atoms with Gasteiger partial charge < -0.3 is 25.6 Å². The number of benzene rings is 2. The van der Waals surface area contributed by atoms with E-state index < -0.39 is 29.5 Å². The van der Waals surface area contributed by atoms with Gasteiger partial charge in [-0.25, -0.2) is 18.4 Å². The summed E-state index contributed by atoms with van der Waals surface area (Å²) >= 11 is 0. The molecule has 0 aliphatic carbocycles. The first kappa shape index (κ1) is 27.0. The predicted octanol–water partition coefficient (Wildman–Crippen LogP) is 2.03. The van der Waals surface area contributed by atoms with E-state index in [-0.39, 0.29) is 24.7 Å². The molecule has 0 saturated carbocycles. The van der Waals surface area contributed by atoms with E-state index in [2.05, 4.69) is 10.6 Å². The van der Waals surface area contributed by atoms with Crippen LogP contribution in [-0.4, -0.2) is 65.6 Å². The monoisotopic (exact) mass is 467 g/mol. The molecule has 0 fully saturated rings. The number of hydrogen-bond acceptors (Lipinski definition) is 6. The van der Waals surface area contributed by atoms with E-state index in [9.17, 15) is 18.4 Å². The Kier molecular flexibility index (Phi) is 10.9. The Labute approximate surface area is 187 Å². The first-order valence-electron chi connectivity index (χ1n) is 9.43. The van der Waals surface area contributed by atoms with Crippen molar-refractivity contribution >= 4 is 35.1 Å². The number of methoxy groups -OCH3 is 1. The van der Waals surface area contributed by atoms with Crippen LogP contribution in [0.5, 0.6) is 5.75 Å². The fraction of sp³-hybridized carbons (Fsp3) is 0.238. The van der Waals surface area contributed by atoms with Crippen LogP contribution in [0, 0.1) is 11.6 Å². The molecule has 0 aliphatic heterocycles. The Morgan fingerprint density at radius 2 is 1.45 bits per heavy atom. The largest absolute Gasteiger partial charge is 0.495 e. The van der Waals surface area contributed by atoms with E-state index in [0.717, 1.165) is 12.1 Å². The second kappa shape index (κ2) is 13.4. The van der Waals surface area contributed by atoms with Crippen molar-refractivity contribution in [2.75, 3.05) is 37.4 Å². The number of nitrogens with one attached hydrogen (secondary N) is 2. The third kappa shape index (κ3) is 9.74. The molecule has 0 bridgehead atoms. The van der Waals surface area contributed by atoms with Crippen molar-refractivity contribution < 1.29 is 42.9 Å². The fourth-order valence-corrected chi connectivity index (χ4v) is 2.40. The minimum Gasteiger partial charge on any atom is -0.495 e. The van der Waals surface area contributed by atoms with Crippen molar-refractivity contribution in [3.63, 3.8) is 0 Å². The van der Waals surface area contributed by atoms with Crippen LogP contribution in [0.15, 0.2) is 42.5 Å². The molecule has 0 saturated heterocycles. The van der Waals surface area contributed by atoms with Gasteiger partial charge in [-0.05, 0) is 30.8 Å². The summed E-state index contributed by atoms with van der Waals surface area (Å²) in [6.45, 7) is 2.07. The van der Waals surface area contributed by atoms with Gasteiger partial charge in [-0.3, -0.25) is 14.5 Å². The number of likely N-dealkylation sites (N-methyl/N-ethyl adjacent to an activating group) is 1. The van der Waals surface area contributed by atoms with Gasteiger partial charge in [-0.15, -0.1) is 0 Å². The van der Waals surface area contributed by atoms with Crippen molar-refractivity contribution in [3.8, 4) is 5.75 Å². The molecule has 12 heteroatoms. The molecule has 0 aliphatic rings. The van der Waals surface area contributed by atoms with Crippen LogP contribution in [-0.2, 0) is 19.2 Å². The molecular weight excluding hydrogens is 444 g/mol. The zero-order valence-corrected chi connectivity index (χ0v) is 17.8. The lowest BCUT2D eigenvalue weighted by molar-refractivity contribution is -0.159. The summed E-state index contributed by atoms with van der Waals surface area (Å²) in [5.74, 6) is -5.54. The van der Waals surface area contributed by atoms with Crippen LogP contribution in [0.2, 0.25) is 0 Å². The van der Waals surface area contributed by atoms with Crippen molar-refractivity contribution in [1.82, 2.24) is 4.90 Å². The van der Waals surface area contributed by atoms with E-state index >= 15 is 0 Å². The number of halogens is 2. The Balaban J connectivity index is 0.000000801. The lowest BCUT2D eigenvalue weighted by Crippen LogP contribution is -2.38. The van der Waals surface area contributed by atoms with Gasteiger partial charge >= 0.3 is 11.9 Å². The second-order valence-electron chi connectivity index (χ2n) is 6.33. The average Bonchev–Trinajstić information content (AvgIpc) is 2.76. The summed E-state index contributed by atoms with van der Waals surface area (Å²) in [6.07, 6.45) is 0. The predicted molar refractivity (Wildman–Crippen MR) is 114 cm³/mol. The molecule has 178 valence electrons. The molecule has 0 spiro atoms. The molecule has 0 heterocycles. The highest BCUT2D eigenvalue weighted by Crippen LogP contribution is 2.22. The van der Waals surface area contributed by atoms with E-state index in [1.165, 1.54) is 7.11 Å². The molecule has 2 aromatic carbocycles. The first-order chi connectivity index (χ1) is 15.6. The number of nitrogens with zero attached hydrogens (tertiary/aromatic N) is 1. The van der Waals surface area contributed by atoms with Crippen LogP contribution in [0.1, 0.15) is 6.92 Å². The third-order valence-electron chi connectivity index (χ3n) is 3.95. The van der Waals surface area contributed by atoms with Crippen molar-refractivity contribution in [2.45, 2.75) is 6.92 Å². The smallest absolute Gasteiger partial charge is 0.414 e. The molecule has 0 atom stereocenters. The molecule has 33 heavy (non-hydrogen) atoms. The molecule has 10 nitrogen and oxygen atoms in total. The van der Waals surface area contributed by atoms with Gasteiger partial charge in [0, 0.05) is 6.07 Å². The summed E-state index contributed by atoms with van der Waals surface area (Å²) in [5.41, 5.74) is 0.412. The van der Waals surface area contributed by atoms with Crippen LogP contribution in [0.4, 0.5) is 20.2 Å². The van der Waals surface area contributed by atoms with E-state index in [0.29, 0.717) is 24.0 Å². The molecule has 0 radical (unpaired) electrons. The molecule has 0 unspecified atom stereocenters. The maximum atomic E-state index is 13.6. The number of anilines is 2. The maximum absolute atomic E-state index is 13.6. The molecule has 4 N–H and O–H groups in total. The topological polar surface area (TPSA) is 145 Å². The number of carboxylic acids is 2. The van der Waals surface area contributed by atoms with Crippen molar-refractivity contribution in [2.24, 2.45) is 0 Å². The summed E-state index contributed by atoms with van der Waals surface area (Å²) in [7, 11) is 1.50. The molecule has 2 amide bonds. The Bertz CT molecular complexity index is 990. The van der Waals surface area contributed by atoms with Gasteiger partial charge in [0.25, 0.3) is 0 Å². The van der Waals surface area contributed by atoms with Gasteiger partial charge in [-0.2, -0.15) is 0 Å². The summed E-state index contributed by atoms with van der Waals surface area (Å²) in [6, 6.07) is 9.86. The van der Waals surface area contributed by atoms with Gasteiger partial charge in [0.1, 0.15) is 17.4 Å². The Hall–Kier alpha value is -4.06. The van der Waals surface area contributed by atoms with E-state index in [1.54, 1.807) is 36.1 Å². The highest BCUT2D eigenvalue weighted by Gasteiger charge is 2.16. The van der Waals surface area contributed by atoms with Crippen molar-refractivity contribution in [1.29, 1.82) is 0 Å². The van der Waals surface area contributed by atoms with Gasteiger partial charge in [0.15, 0.2) is 0 Å². The van der Waals surface area contributed by atoms with Crippen LogP contribution < -0.4 is 15.4 Å². The SMILES string of the molecule is CCN(CC(=O)Nc1ccc(F)cc1F)CC(=O)Nc1ccccc1OC.O=C(O)C(=O)O. The summed E-state index contributed by atoms with van der Waals surface area (Å²) < 4.78 is 31.7. The van der Waals surface area contributed by atoms with Gasteiger partial charge in [-0.1, -0.05) is 19.1 Å². The third-order valence-corrected chi connectivity index (χ3v) is 3.95. The average molecular weight is 467 g/mol. The quantitative estimate of drug-likeness (QED) is 0.432. The van der Waals surface area contributed by atoms with Crippen LogP contribution in [0.25, 0.3) is 0 Å². The molecule has 0 aromatic heterocycles. The lowest BCUT2D eigenvalue weighted by Gasteiger charge is -2.20. The second-order valence-corrected chi connectivity index (χ2v) is 6.33. The number of para-hydroxylation sites is 2. The fourth-order valence-electron chi connectivity index (χ4n) is 2.40. The van der Waals surface area contributed by atoms with Crippen LogP contribution in [0.3, 0.4) is 0 Å². The van der Waals surface area contributed by atoms with Gasteiger partial charge in [0.05, 0.1) is 31.6 Å². The summed E-state index contributed by atoms with van der Waals surface area (Å²) in [5, 5.41) is 19.9. The number of amides is 2. The standard InChI is InChI=1S/C19H21F2N3O3.C2H2O4/c1-3-24(11-18(25)22-15-9-8-13(20)10-14(15)21)12-19(26)23-16-6-4-5-7-17(16)27-2;3-1(4)2(5)6/h4-10H,3,11-12H2,1-2H3,(H,22,25)(H,23,26);(H,3,4)(H,5,6). The summed E-state index contributed by atoms with van der Waals surface area (Å²) in [4.78, 5) is 44.1. The van der Waals surface area contributed by atoms with E-state index in [1.807, 2.05) is 0 Å². The zero-order valence-electron chi connectivity index (χ0n) is 17.8. The molecule has 2 aromatic rings. The lowest BCUT2D eigenvalue weighted by atomic mass is 10.3. The molecular formula is C21H23F2N3O7. The minimum absolute atomic E-state index is 0.0339. The number of carboxylic acid groups (broad SMARTS) is 2. The molecule has 2 rings (SSSR count). The Morgan fingerprint density at radius 1 is 0.909 bits per heavy atom. The highest BCUT2D eigenvalue weighted by molar-refractivity contribution is 6.27. The first-order valence-corrected chi connectivity index (χ1v) is 9.43. The maximum Gasteiger partial charge on any atom is 0.414 e. The number of aliphatic carboxylic acids is 2. The van der Waals surface area contributed by atoms with Gasteiger partial charge in [0.2, 0.25) is 11.8 Å². The minimum atomic E-state index is -1.82. The van der Waals surface area contributed by atoms with E-state index in [4.69, 9.17) is 24.5 Å². The number of carbonyl (C=O) groups is 4. The van der Waals surface area contributed by atoms with Crippen LogP contribution >= 0.6 is 0 Å². The highest BCUT2D eigenvalue weighted by atomic mass is 19.1. The Morgan fingerprint density at radius 3 is 1.94 bits per heavy atom. The van der Waals surface area contributed by atoms with Crippen molar-refractivity contribution in [3.05, 3.63) is 54.1 Å².